The Morgan fingerprint density at radius 3 is 2.50 bits per heavy atom. The molecule has 0 fully saturated rings. The van der Waals surface area contributed by atoms with Gasteiger partial charge < -0.3 is 15.0 Å². The summed E-state index contributed by atoms with van der Waals surface area (Å²) in [6.07, 6.45) is 0. The highest BCUT2D eigenvalue weighted by molar-refractivity contribution is 5.85. The number of amides is 1. The first-order valence-electron chi connectivity index (χ1n) is 4.95. The SMILES string of the molecule is CCNC(C)(C)C(=O)N(C)CCOC. The number of likely N-dealkylation sites (N-methyl/N-ethyl adjacent to an activating group) is 2. The molecule has 0 spiro atoms. The molecule has 0 saturated carbocycles. The van der Waals surface area contributed by atoms with Gasteiger partial charge in [-0.15, -0.1) is 0 Å². The third-order valence-corrected chi connectivity index (χ3v) is 2.13. The predicted octanol–water partition coefficient (Wildman–Crippen LogP) is 0.479. The van der Waals surface area contributed by atoms with Gasteiger partial charge in [0.25, 0.3) is 0 Å². The largest absolute Gasteiger partial charge is 0.383 e. The summed E-state index contributed by atoms with van der Waals surface area (Å²) in [5.74, 6) is 0.0939. The van der Waals surface area contributed by atoms with E-state index in [-0.39, 0.29) is 5.91 Å². The molecule has 0 heterocycles. The Kier molecular flexibility index (Phi) is 5.72. The van der Waals surface area contributed by atoms with Gasteiger partial charge in [0.2, 0.25) is 5.91 Å². The first-order valence-corrected chi connectivity index (χ1v) is 4.95. The van der Waals surface area contributed by atoms with Crippen molar-refractivity contribution in [3.05, 3.63) is 0 Å². The van der Waals surface area contributed by atoms with Gasteiger partial charge in [-0.1, -0.05) is 6.92 Å². The second kappa shape index (κ2) is 5.98. The monoisotopic (exact) mass is 202 g/mol. The lowest BCUT2D eigenvalue weighted by atomic mass is 10.0. The Bertz CT molecular complexity index is 181. The Morgan fingerprint density at radius 2 is 2.07 bits per heavy atom. The molecular weight excluding hydrogens is 180 g/mol. The molecular formula is C10H22N2O2. The first kappa shape index (κ1) is 13.4. The number of hydrogen-bond acceptors (Lipinski definition) is 3. The number of carbonyl (C=O) groups is 1. The van der Waals surface area contributed by atoms with E-state index in [1.54, 1.807) is 19.1 Å². The highest BCUT2D eigenvalue weighted by atomic mass is 16.5. The summed E-state index contributed by atoms with van der Waals surface area (Å²) in [6.45, 7) is 7.76. The maximum absolute atomic E-state index is 11.9. The number of hydrogen-bond donors (Lipinski definition) is 1. The zero-order chi connectivity index (χ0) is 11.2. The van der Waals surface area contributed by atoms with Crippen molar-refractivity contribution in [1.29, 1.82) is 0 Å². The number of nitrogens with zero attached hydrogens (tertiary/aromatic N) is 1. The standard InChI is InChI=1S/C10H22N2O2/c1-6-11-10(2,3)9(13)12(4)7-8-14-5/h11H,6-8H2,1-5H3. The third-order valence-electron chi connectivity index (χ3n) is 2.13. The van der Waals surface area contributed by atoms with E-state index in [1.807, 2.05) is 20.8 Å². The highest BCUT2D eigenvalue weighted by Crippen LogP contribution is 2.06. The normalized spacial score (nSPS) is 11.5. The Hall–Kier alpha value is -0.610. The van der Waals surface area contributed by atoms with Crippen molar-refractivity contribution in [2.45, 2.75) is 26.3 Å². The van der Waals surface area contributed by atoms with Crippen molar-refractivity contribution >= 4 is 5.91 Å². The van der Waals surface area contributed by atoms with Crippen LogP contribution >= 0.6 is 0 Å². The van der Waals surface area contributed by atoms with Crippen LogP contribution in [0.1, 0.15) is 20.8 Å². The van der Waals surface area contributed by atoms with Crippen LogP contribution in [0.4, 0.5) is 0 Å². The lowest BCUT2D eigenvalue weighted by Crippen LogP contribution is -2.53. The molecule has 84 valence electrons. The predicted molar refractivity (Wildman–Crippen MR) is 57.3 cm³/mol. The minimum absolute atomic E-state index is 0.0939. The topological polar surface area (TPSA) is 41.6 Å². The van der Waals surface area contributed by atoms with Crippen LogP contribution in [0.2, 0.25) is 0 Å². The van der Waals surface area contributed by atoms with Crippen molar-refractivity contribution < 1.29 is 9.53 Å². The van der Waals surface area contributed by atoms with E-state index in [2.05, 4.69) is 5.32 Å². The fraction of sp³-hybridized carbons (Fsp3) is 0.900. The summed E-state index contributed by atoms with van der Waals surface area (Å²) in [5.41, 5.74) is -0.489. The maximum Gasteiger partial charge on any atom is 0.242 e. The maximum atomic E-state index is 11.9. The summed E-state index contributed by atoms with van der Waals surface area (Å²) in [7, 11) is 3.42. The Morgan fingerprint density at radius 1 is 1.50 bits per heavy atom. The van der Waals surface area contributed by atoms with Crippen molar-refractivity contribution in [3.63, 3.8) is 0 Å². The fourth-order valence-electron chi connectivity index (χ4n) is 1.32. The number of nitrogens with one attached hydrogen (secondary N) is 1. The van der Waals surface area contributed by atoms with Gasteiger partial charge in [0.15, 0.2) is 0 Å². The molecule has 0 bridgehead atoms. The number of methoxy groups -OCH3 is 1. The fourth-order valence-corrected chi connectivity index (χ4v) is 1.32. The van der Waals surface area contributed by atoms with Gasteiger partial charge in [-0.05, 0) is 20.4 Å². The van der Waals surface area contributed by atoms with E-state index in [1.165, 1.54) is 0 Å². The van der Waals surface area contributed by atoms with Gasteiger partial charge in [0.05, 0.1) is 12.1 Å². The van der Waals surface area contributed by atoms with Crippen molar-refractivity contribution in [1.82, 2.24) is 10.2 Å². The molecule has 0 aliphatic carbocycles. The van der Waals surface area contributed by atoms with E-state index < -0.39 is 5.54 Å². The van der Waals surface area contributed by atoms with E-state index in [0.29, 0.717) is 13.2 Å². The van der Waals surface area contributed by atoms with Crippen LogP contribution in [0.15, 0.2) is 0 Å². The van der Waals surface area contributed by atoms with Crippen LogP contribution in [0.3, 0.4) is 0 Å². The zero-order valence-electron chi connectivity index (χ0n) is 9.89. The molecule has 1 N–H and O–H groups in total. The average molecular weight is 202 g/mol. The van der Waals surface area contributed by atoms with Crippen LogP contribution in [0.5, 0.6) is 0 Å². The first-order chi connectivity index (χ1) is 6.45. The average Bonchev–Trinajstić information content (AvgIpc) is 2.12. The van der Waals surface area contributed by atoms with E-state index in [0.717, 1.165) is 6.54 Å². The molecule has 0 atom stereocenters. The quantitative estimate of drug-likeness (QED) is 0.681. The minimum Gasteiger partial charge on any atom is -0.383 e. The highest BCUT2D eigenvalue weighted by Gasteiger charge is 2.28. The number of rotatable bonds is 6. The molecule has 0 aromatic rings. The molecule has 0 saturated heterocycles. The lowest BCUT2D eigenvalue weighted by molar-refractivity contribution is -0.136. The number of carbonyl (C=O) groups excluding carboxylic acids is 1. The summed E-state index contributed by atoms with van der Waals surface area (Å²) < 4.78 is 4.92. The van der Waals surface area contributed by atoms with E-state index in [9.17, 15) is 4.79 Å². The summed E-state index contributed by atoms with van der Waals surface area (Å²) in [6, 6.07) is 0. The second-order valence-electron chi connectivity index (χ2n) is 3.87. The van der Waals surface area contributed by atoms with E-state index in [4.69, 9.17) is 4.74 Å². The molecule has 1 amide bonds. The number of ether oxygens (including phenoxy) is 1. The molecule has 0 aliphatic rings. The summed E-state index contributed by atoms with van der Waals surface area (Å²) >= 11 is 0. The van der Waals surface area contributed by atoms with Gasteiger partial charge >= 0.3 is 0 Å². The lowest BCUT2D eigenvalue weighted by Gasteiger charge is -2.29. The van der Waals surface area contributed by atoms with Crippen LogP contribution in [-0.4, -0.2) is 50.2 Å². The molecule has 14 heavy (non-hydrogen) atoms. The van der Waals surface area contributed by atoms with Crippen LogP contribution in [0, 0.1) is 0 Å². The van der Waals surface area contributed by atoms with Crippen molar-refractivity contribution in [2.24, 2.45) is 0 Å². The third kappa shape index (κ3) is 4.07. The molecule has 0 aromatic heterocycles. The Balaban J connectivity index is 4.15. The molecule has 0 rings (SSSR count). The summed E-state index contributed by atoms with van der Waals surface area (Å²) in [4.78, 5) is 13.6. The van der Waals surface area contributed by atoms with Crippen molar-refractivity contribution in [2.75, 3.05) is 33.9 Å². The zero-order valence-corrected chi connectivity index (χ0v) is 9.89. The van der Waals surface area contributed by atoms with Crippen molar-refractivity contribution in [3.8, 4) is 0 Å². The smallest absolute Gasteiger partial charge is 0.242 e. The molecule has 0 aromatic carbocycles. The molecule has 0 unspecified atom stereocenters. The minimum atomic E-state index is -0.489. The van der Waals surface area contributed by atoms with Crippen LogP contribution in [-0.2, 0) is 9.53 Å². The molecule has 0 aliphatic heterocycles. The molecule has 0 radical (unpaired) electrons. The van der Waals surface area contributed by atoms with Crippen LogP contribution in [0.25, 0.3) is 0 Å². The Labute approximate surface area is 86.6 Å². The van der Waals surface area contributed by atoms with Gasteiger partial charge in [0.1, 0.15) is 0 Å². The van der Waals surface area contributed by atoms with Gasteiger partial charge in [-0.2, -0.15) is 0 Å². The second-order valence-corrected chi connectivity index (χ2v) is 3.87. The van der Waals surface area contributed by atoms with Crippen LogP contribution < -0.4 is 5.32 Å². The molecule has 4 heteroatoms. The molecule has 4 nitrogen and oxygen atoms in total. The van der Waals surface area contributed by atoms with Gasteiger partial charge in [0, 0.05) is 20.7 Å². The summed E-state index contributed by atoms with van der Waals surface area (Å²) in [5, 5.41) is 3.15. The van der Waals surface area contributed by atoms with Gasteiger partial charge in [-0.25, -0.2) is 0 Å². The van der Waals surface area contributed by atoms with E-state index >= 15 is 0 Å². The van der Waals surface area contributed by atoms with Gasteiger partial charge in [-0.3, -0.25) is 4.79 Å².